The first-order valence-electron chi connectivity index (χ1n) is 13.8. The van der Waals surface area contributed by atoms with Crippen molar-refractivity contribution in [3.63, 3.8) is 0 Å². The van der Waals surface area contributed by atoms with E-state index in [4.69, 9.17) is 14.2 Å². The minimum atomic E-state index is -0.265. The molecule has 0 amide bonds. The van der Waals surface area contributed by atoms with E-state index in [1.807, 2.05) is 35.0 Å². The zero-order valence-electron chi connectivity index (χ0n) is 24.1. The van der Waals surface area contributed by atoms with Gasteiger partial charge in [0, 0.05) is 30.1 Å². The fraction of sp³-hybridized carbons (Fsp3) is 0.467. The molecule has 0 spiro atoms. The predicted molar refractivity (Wildman–Crippen MR) is 153 cm³/mol. The quantitative estimate of drug-likeness (QED) is 0.301. The lowest BCUT2D eigenvalue weighted by Gasteiger charge is -2.35. The molecule has 212 valence electrons. The van der Waals surface area contributed by atoms with Gasteiger partial charge in [-0.05, 0) is 66.4 Å². The van der Waals surface area contributed by atoms with Crippen LogP contribution in [-0.2, 0) is 18.6 Å². The number of H-pyrrole nitrogens is 1. The average Bonchev–Trinajstić information content (AvgIpc) is 3.43. The standard InChI is InChI=1S/C30H38N6O4/c1-7-30(4,5)36-28(32-33-34-36)27(19(2)3)35(17-20-8-10-23(38-6)11-9-20)18-22-14-21-15-25-26(40-13-12-39-25)16-24(21)31-29(22)37/h8-11,14-16,19,27H,7,12-13,17-18H2,1-6H3,(H,31,37). The van der Waals surface area contributed by atoms with E-state index in [2.05, 4.69) is 72.2 Å². The molecule has 1 atom stereocenters. The maximum atomic E-state index is 13.4. The van der Waals surface area contributed by atoms with Crippen molar-refractivity contribution in [1.82, 2.24) is 30.1 Å². The molecule has 40 heavy (non-hydrogen) atoms. The van der Waals surface area contributed by atoms with Crippen LogP contribution < -0.4 is 19.8 Å². The average molecular weight is 547 g/mol. The third-order valence-electron chi connectivity index (χ3n) is 7.72. The molecule has 0 saturated carbocycles. The maximum absolute atomic E-state index is 13.4. The fourth-order valence-corrected chi connectivity index (χ4v) is 5.18. The van der Waals surface area contributed by atoms with Gasteiger partial charge in [0.1, 0.15) is 19.0 Å². The first-order chi connectivity index (χ1) is 19.2. The summed E-state index contributed by atoms with van der Waals surface area (Å²) in [5.41, 5.74) is 2.06. The number of hydrogen-bond donors (Lipinski definition) is 1. The molecule has 4 aromatic rings. The van der Waals surface area contributed by atoms with Crippen molar-refractivity contribution < 1.29 is 14.2 Å². The van der Waals surface area contributed by atoms with Crippen LogP contribution >= 0.6 is 0 Å². The van der Waals surface area contributed by atoms with Gasteiger partial charge in [0.05, 0.1) is 24.2 Å². The van der Waals surface area contributed by atoms with E-state index in [0.29, 0.717) is 48.9 Å². The summed E-state index contributed by atoms with van der Waals surface area (Å²) in [6, 6.07) is 13.6. The zero-order valence-corrected chi connectivity index (χ0v) is 24.1. The summed E-state index contributed by atoms with van der Waals surface area (Å²) in [4.78, 5) is 18.8. The normalized spacial score (nSPS) is 14.2. The summed E-state index contributed by atoms with van der Waals surface area (Å²) in [6.45, 7) is 12.7. The number of benzene rings is 2. The Kier molecular flexibility index (Phi) is 7.80. The Hall–Kier alpha value is -3.92. The monoisotopic (exact) mass is 546 g/mol. The topological polar surface area (TPSA) is 107 Å². The third-order valence-corrected chi connectivity index (χ3v) is 7.72. The van der Waals surface area contributed by atoms with Crippen molar-refractivity contribution >= 4 is 10.9 Å². The van der Waals surface area contributed by atoms with Crippen LogP contribution in [0, 0.1) is 5.92 Å². The van der Waals surface area contributed by atoms with E-state index < -0.39 is 0 Å². The summed E-state index contributed by atoms with van der Waals surface area (Å²) in [5.74, 6) is 3.08. The van der Waals surface area contributed by atoms with Crippen LogP contribution in [0.15, 0.2) is 47.3 Å². The predicted octanol–water partition coefficient (Wildman–Crippen LogP) is 4.84. The van der Waals surface area contributed by atoms with Gasteiger partial charge >= 0.3 is 0 Å². The molecule has 0 saturated heterocycles. The highest BCUT2D eigenvalue weighted by molar-refractivity contribution is 5.83. The van der Waals surface area contributed by atoms with Gasteiger partial charge in [-0.25, -0.2) is 4.68 Å². The van der Waals surface area contributed by atoms with E-state index in [0.717, 1.165) is 28.9 Å². The van der Waals surface area contributed by atoms with Crippen LogP contribution in [0.4, 0.5) is 0 Å². The number of aromatic nitrogens is 5. The van der Waals surface area contributed by atoms with Crippen LogP contribution in [0.1, 0.15) is 64.0 Å². The van der Waals surface area contributed by atoms with Crippen LogP contribution in [0.2, 0.25) is 0 Å². The summed E-state index contributed by atoms with van der Waals surface area (Å²) < 4.78 is 18.8. The SMILES string of the molecule is CCC(C)(C)n1nnnc1C(C(C)C)N(Cc1ccc(OC)cc1)Cc1cc2cc3c(cc2[nH]c1=O)OCCO3. The van der Waals surface area contributed by atoms with E-state index >= 15 is 0 Å². The lowest BCUT2D eigenvalue weighted by molar-refractivity contribution is 0.117. The minimum absolute atomic E-state index is 0.139. The lowest BCUT2D eigenvalue weighted by Crippen LogP contribution is -2.38. The molecular weight excluding hydrogens is 508 g/mol. The van der Waals surface area contributed by atoms with Crippen molar-refractivity contribution in [2.24, 2.45) is 5.92 Å². The molecule has 2 aromatic heterocycles. The number of rotatable bonds is 10. The Labute approximate surface area is 234 Å². The molecule has 1 aliphatic rings. The van der Waals surface area contributed by atoms with Crippen molar-refractivity contribution in [2.75, 3.05) is 20.3 Å². The number of tetrazole rings is 1. The number of hydrogen-bond acceptors (Lipinski definition) is 8. The summed E-state index contributed by atoms with van der Waals surface area (Å²) >= 11 is 0. The molecular formula is C30H38N6O4. The number of nitrogens with one attached hydrogen (secondary N) is 1. The molecule has 2 aromatic carbocycles. The highest BCUT2D eigenvalue weighted by atomic mass is 16.6. The van der Waals surface area contributed by atoms with Gasteiger partial charge in [0.2, 0.25) is 0 Å². The number of ether oxygens (including phenoxy) is 3. The minimum Gasteiger partial charge on any atom is -0.497 e. The van der Waals surface area contributed by atoms with E-state index in [1.165, 1.54) is 0 Å². The number of methoxy groups -OCH3 is 1. The summed E-state index contributed by atoms with van der Waals surface area (Å²) in [7, 11) is 1.66. The largest absolute Gasteiger partial charge is 0.497 e. The fourth-order valence-electron chi connectivity index (χ4n) is 5.18. The van der Waals surface area contributed by atoms with E-state index in [9.17, 15) is 4.79 Å². The van der Waals surface area contributed by atoms with Gasteiger partial charge in [0.25, 0.3) is 5.56 Å². The molecule has 5 rings (SSSR count). The highest BCUT2D eigenvalue weighted by Gasteiger charge is 2.34. The summed E-state index contributed by atoms with van der Waals surface area (Å²) in [5, 5.41) is 13.9. The van der Waals surface area contributed by atoms with Gasteiger partial charge < -0.3 is 19.2 Å². The molecule has 10 heteroatoms. The Morgan fingerprint density at radius 1 is 1.07 bits per heavy atom. The van der Waals surface area contributed by atoms with Gasteiger partial charge in [-0.1, -0.05) is 32.9 Å². The molecule has 0 aliphatic carbocycles. The first kappa shape index (κ1) is 27.6. The second kappa shape index (κ2) is 11.3. The number of aromatic amines is 1. The maximum Gasteiger partial charge on any atom is 0.252 e. The van der Waals surface area contributed by atoms with Crippen molar-refractivity contribution in [1.29, 1.82) is 0 Å². The third kappa shape index (κ3) is 5.54. The van der Waals surface area contributed by atoms with Crippen LogP contribution in [-0.4, -0.2) is 50.4 Å². The van der Waals surface area contributed by atoms with Gasteiger partial charge in [0.15, 0.2) is 17.3 Å². The van der Waals surface area contributed by atoms with E-state index in [-0.39, 0.29) is 23.1 Å². The molecule has 0 bridgehead atoms. The van der Waals surface area contributed by atoms with Crippen molar-refractivity contribution in [2.45, 2.75) is 65.7 Å². The summed E-state index contributed by atoms with van der Waals surface area (Å²) in [6.07, 6.45) is 0.870. The molecule has 1 N–H and O–H groups in total. The molecule has 1 aliphatic heterocycles. The molecule has 0 radical (unpaired) electrons. The van der Waals surface area contributed by atoms with E-state index in [1.54, 1.807) is 7.11 Å². The van der Waals surface area contributed by atoms with Crippen molar-refractivity contribution in [3.05, 3.63) is 69.8 Å². The highest BCUT2D eigenvalue weighted by Crippen LogP contribution is 2.35. The van der Waals surface area contributed by atoms with Gasteiger partial charge in [-0.3, -0.25) is 9.69 Å². The Morgan fingerprint density at radius 3 is 2.42 bits per heavy atom. The number of fused-ring (bicyclic) bond motifs is 2. The second-order valence-corrected chi connectivity index (χ2v) is 11.3. The Balaban J connectivity index is 1.58. The van der Waals surface area contributed by atoms with Gasteiger partial charge in [-0.15, -0.1) is 5.10 Å². The second-order valence-electron chi connectivity index (χ2n) is 11.3. The lowest BCUT2D eigenvalue weighted by atomic mass is 9.97. The van der Waals surface area contributed by atoms with Crippen LogP contribution in [0.3, 0.4) is 0 Å². The van der Waals surface area contributed by atoms with Crippen LogP contribution in [0.5, 0.6) is 17.2 Å². The molecule has 10 nitrogen and oxygen atoms in total. The Bertz CT molecular complexity index is 1530. The molecule has 3 heterocycles. The van der Waals surface area contributed by atoms with Crippen molar-refractivity contribution in [3.8, 4) is 17.2 Å². The number of nitrogens with zero attached hydrogens (tertiary/aromatic N) is 5. The zero-order chi connectivity index (χ0) is 28.4. The molecule has 0 fully saturated rings. The first-order valence-corrected chi connectivity index (χ1v) is 13.8. The van der Waals surface area contributed by atoms with Crippen LogP contribution in [0.25, 0.3) is 10.9 Å². The smallest absolute Gasteiger partial charge is 0.252 e. The Morgan fingerprint density at radius 2 is 1.77 bits per heavy atom. The number of pyridine rings is 1. The molecule has 1 unspecified atom stereocenters. The van der Waals surface area contributed by atoms with Gasteiger partial charge in [-0.2, -0.15) is 0 Å².